The molecule has 1 N–H and O–H groups in total. The minimum atomic E-state index is -0.258. The number of pyridine rings is 1. The normalized spacial score (nSPS) is 10.6. The summed E-state index contributed by atoms with van der Waals surface area (Å²) in [7, 11) is 0. The highest BCUT2D eigenvalue weighted by Gasteiger charge is 2.16. The summed E-state index contributed by atoms with van der Waals surface area (Å²) in [6.07, 6.45) is 3.33. The Bertz CT molecular complexity index is 1080. The highest BCUT2D eigenvalue weighted by atomic mass is 35.5. The number of rotatable bonds is 4. The number of halogens is 1. The number of para-hydroxylation sites is 1. The number of benzene rings is 2. The van der Waals surface area contributed by atoms with Gasteiger partial charge in [0.2, 0.25) is 5.82 Å². The maximum Gasteiger partial charge on any atom is 0.260 e. The monoisotopic (exact) mass is 376 g/mol. The van der Waals surface area contributed by atoms with Crippen molar-refractivity contribution in [2.24, 2.45) is 0 Å². The summed E-state index contributed by atoms with van der Waals surface area (Å²) in [6, 6.07) is 17.5. The van der Waals surface area contributed by atoms with Gasteiger partial charge in [0, 0.05) is 28.5 Å². The van der Waals surface area contributed by atoms with Crippen LogP contribution in [0, 0.1) is 0 Å². The van der Waals surface area contributed by atoms with E-state index in [-0.39, 0.29) is 5.91 Å². The molecule has 4 aromatic rings. The van der Waals surface area contributed by atoms with Gasteiger partial charge in [-0.05, 0) is 48.5 Å². The molecule has 0 bridgehead atoms. The molecule has 6 nitrogen and oxygen atoms in total. The van der Waals surface area contributed by atoms with Crippen LogP contribution >= 0.6 is 11.6 Å². The van der Waals surface area contributed by atoms with Crippen molar-refractivity contribution in [3.05, 3.63) is 83.6 Å². The van der Waals surface area contributed by atoms with E-state index in [4.69, 9.17) is 16.1 Å². The first-order valence-electron chi connectivity index (χ1n) is 8.11. The van der Waals surface area contributed by atoms with Crippen LogP contribution in [-0.4, -0.2) is 21.0 Å². The molecule has 0 saturated heterocycles. The van der Waals surface area contributed by atoms with Crippen molar-refractivity contribution in [3.63, 3.8) is 0 Å². The molecule has 132 valence electrons. The summed E-state index contributed by atoms with van der Waals surface area (Å²) in [5.74, 6) is 0.476. The first-order chi connectivity index (χ1) is 13.2. The minimum Gasteiger partial charge on any atom is -0.334 e. The van der Waals surface area contributed by atoms with Gasteiger partial charge in [0.25, 0.3) is 11.8 Å². The van der Waals surface area contributed by atoms with E-state index in [1.54, 1.807) is 54.9 Å². The number of aromatic nitrogens is 3. The Morgan fingerprint density at radius 1 is 1.00 bits per heavy atom. The van der Waals surface area contributed by atoms with Gasteiger partial charge in [-0.15, -0.1) is 0 Å². The molecule has 1 amide bonds. The van der Waals surface area contributed by atoms with Crippen molar-refractivity contribution < 1.29 is 9.32 Å². The highest BCUT2D eigenvalue weighted by Crippen LogP contribution is 2.28. The predicted molar refractivity (Wildman–Crippen MR) is 102 cm³/mol. The molecule has 0 saturated carbocycles. The van der Waals surface area contributed by atoms with Crippen LogP contribution < -0.4 is 5.32 Å². The lowest BCUT2D eigenvalue weighted by Crippen LogP contribution is -2.12. The smallest absolute Gasteiger partial charge is 0.260 e. The molecule has 0 spiro atoms. The number of nitrogens with zero attached hydrogens (tertiary/aromatic N) is 3. The third kappa shape index (κ3) is 3.70. The van der Waals surface area contributed by atoms with Crippen LogP contribution in [0.25, 0.3) is 22.8 Å². The van der Waals surface area contributed by atoms with Crippen LogP contribution in [-0.2, 0) is 0 Å². The number of hydrogen-bond donors (Lipinski definition) is 1. The van der Waals surface area contributed by atoms with E-state index >= 15 is 0 Å². The van der Waals surface area contributed by atoms with E-state index in [1.807, 2.05) is 18.2 Å². The molecule has 0 aliphatic rings. The molecular formula is C20H13ClN4O2. The largest absolute Gasteiger partial charge is 0.334 e. The van der Waals surface area contributed by atoms with Crippen molar-refractivity contribution >= 4 is 23.2 Å². The Balaban J connectivity index is 1.63. The van der Waals surface area contributed by atoms with Crippen molar-refractivity contribution in [3.8, 4) is 22.8 Å². The summed E-state index contributed by atoms with van der Waals surface area (Å²) in [6.45, 7) is 0. The fraction of sp³-hybridized carbons (Fsp3) is 0. The van der Waals surface area contributed by atoms with Gasteiger partial charge in [-0.2, -0.15) is 4.98 Å². The van der Waals surface area contributed by atoms with Crippen LogP contribution in [0.1, 0.15) is 10.4 Å². The standard InChI is InChI=1S/C20H13ClN4O2/c21-15-9-7-13(8-10-15)19(26)23-17-6-2-1-5-16(17)20-24-18(25-27-20)14-4-3-11-22-12-14/h1-12H,(H,23,26). The Morgan fingerprint density at radius 2 is 1.81 bits per heavy atom. The second-order valence-electron chi connectivity index (χ2n) is 5.67. The number of carbonyl (C=O) groups is 1. The van der Waals surface area contributed by atoms with Crippen molar-refractivity contribution in [2.75, 3.05) is 5.32 Å². The topological polar surface area (TPSA) is 80.9 Å². The summed E-state index contributed by atoms with van der Waals surface area (Å²) in [4.78, 5) is 21.0. The molecule has 0 radical (unpaired) electrons. The third-order valence-corrected chi connectivity index (χ3v) is 4.11. The number of nitrogens with one attached hydrogen (secondary N) is 1. The SMILES string of the molecule is O=C(Nc1ccccc1-c1nc(-c2cccnc2)no1)c1ccc(Cl)cc1. The van der Waals surface area contributed by atoms with Gasteiger partial charge in [0.1, 0.15) is 0 Å². The first-order valence-corrected chi connectivity index (χ1v) is 8.49. The zero-order valence-electron chi connectivity index (χ0n) is 14.0. The van der Waals surface area contributed by atoms with E-state index in [0.29, 0.717) is 33.6 Å². The fourth-order valence-corrected chi connectivity index (χ4v) is 2.65. The molecule has 27 heavy (non-hydrogen) atoms. The quantitative estimate of drug-likeness (QED) is 0.558. The maximum absolute atomic E-state index is 12.5. The summed E-state index contributed by atoms with van der Waals surface area (Å²) in [5.41, 5.74) is 2.44. The summed E-state index contributed by atoms with van der Waals surface area (Å²) >= 11 is 5.87. The second kappa shape index (κ2) is 7.39. The van der Waals surface area contributed by atoms with Gasteiger partial charge < -0.3 is 9.84 Å². The lowest BCUT2D eigenvalue weighted by molar-refractivity contribution is 0.102. The van der Waals surface area contributed by atoms with Gasteiger partial charge in [0.05, 0.1) is 11.3 Å². The molecule has 2 aromatic carbocycles. The highest BCUT2D eigenvalue weighted by molar-refractivity contribution is 6.30. The molecule has 0 atom stereocenters. The average Bonchev–Trinajstić information content (AvgIpc) is 3.19. The second-order valence-corrected chi connectivity index (χ2v) is 6.11. The predicted octanol–water partition coefficient (Wildman–Crippen LogP) is 4.70. The van der Waals surface area contributed by atoms with Crippen molar-refractivity contribution in [1.29, 1.82) is 0 Å². The van der Waals surface area contributed by atoms with Crippen LogP contribution in [0.15, 0.2) is 77.6 Å². The zero-order chi connectivity index (χ0) is 18.6. The molecule has 0 aliphatic heterocycles. The molecule has 0 unspecified atom stereocenters. The maximum atomic E-state index is 12.5. The lowest BCUT2D eigenvalue weighted by atomic mass is 10.1. The van der Waals surface area contributed by atoms with Crippen molar-refractivity contribution in [2.45, 2.75) is 0 Å². The molecule has 7 heteroatoms. The summed E-state index contributed by atoms with van der Waals surface area (Å²) in [5, 5.41) is 7.44. The molecule has 0 fully saturated rings. The van der Waals surface area contributed by atoms with E-state index in [1.165, 1.54) is 0 Å². The first kappa shape index (κ1) is 16.9. The molecule has 2 heterocycles. The Kier molecular flexibility index (Phi) is 4.63. The lowest BCUT2D eigenvalue weighted by Gasteiger charge is -2.08. The number of carbonyl (C=O) groups excluding carboxylic acids is 1. The molecular weight excluding hydrogens is 364 g/mol. The van der Waals surface area contributed by atoms with E-state index < -0.39 is 0 Å². The van der Waals surface area contributed by atoms with E-state index in [2.05, 4.69) is 20.4 Å². The van der Waals surface area contributed by atoms with Crippen LogP contribution in [0.5, 0.6) is 0 Å². The fourth-order valence-electron chi connectivity index (χ4n) is 2.52. The van der Waals surface area contributed by atoms with Gasteiger partial charge in [-0.1, -0.05) is 28.9 Å². The molecule has 4 rings (SSSR count). The molecule has 2 aromatic heterocycles. The van der Waals surface area contributed by atoms with Gasteiger partial charge in [0.15, 0.2) is 0 Å². The van der Waals surface area contributed by atoms with Crippen molar-refractivity contribution in [1.82, 2.24) is 15.1 Å². The number of hydrogen-bond acceptors (Lipinski definition) is 5. The van der Waals surface area contributed by atoms with Gasteiger partial charge in [-0.25, -0.2) is 0 Å². The van der Waals surface area contributed by atoms with Crippen LogP contribution in [0.2, 0.25) is 5.02 Å². The zero-order valence-corrected chi connectivity index (χ0v) is 14.7. The number of anilines is 1. The summed E-state index contributed by atoms with van der Waals surface area (Å²) < 4.78 is 5.39. The Hall–Kier alpha value is -3.51. The minimum absolute atomic E-state index is 0.258. The molecule has 0 aliphatic carbocycles. The Morgan fingerprint density at radius 3 is 2.59 bits per heavy atom. The third-order valence-electron chi connectivity index (χ3n) is 3.86. The van der Waals surface area contributed by atoms with Gasteiger partial charge in [-0.3, -0.25) is 9.78 Å². The van der Waals surface area contributed by atoms with Crippen LogP contribution in [0.4, 0.5) is 5.69 Å². The van der Waals surface area contributed by atoms with Gasteiger partial charge >= 0.3 is 0 Å². The number of amides is 1. The van der Waals surface area contributed by atoms with Crippen LogP contribution in [0.3, 0.4) is 0 Å². The Labute approximate surface area is 159 Å². The average molecular weight is 377 g/mol. The van der Waals surface area contributed by atoms with E-state index in [9.17, 15) is 4.79 Å². The van der Waals surface area contributed by atoms with E-state index in [0.717, 1.165) is 5.56 Å².